The van der Waals surface area contributed by atoms with Crippen molar-refractivity contribution >= 4 is 17.3 Å². The van der Waals surface area contributed by atoms with Gasteiger partial charge in [0.2, 0.25) is 5.91 Å². The molecule has 0 atom stereocenters. The van der Waals surface area contributed by atoms with Crippen LogP contribution in [0.4, 0.5) is 11.4 Å². The Morgan fingerprint density at radius 3 is 3.08 bits per heavy atom. The summed E-state index contributed by atoms with van der Waals surface area (Å²) in [5, 5.41) is 12.1. The number of likely N-dealkylation sites (N-methyl/N-ethyl adjacent to an activating group) is 1. The highest BCUT2D eigenvalue weighted by Gasteiger charge is 2.19. The number of hydrogen-bond acceptors (Lipinski definition) is 3. The Hall–Kier alpha value is -1.71. The van der Waals surface area contributed by atoms with E-state index in [0.717, 1.165) is 11.4 Å². The van der Waals surface area contributed by atoms with E-state index in [1.807, 2.05) is 0 Å². The van der Waals surface area contributed by atoms with Gasteiger partial charge in [-0.2, -0.15) is 0 Å². The van der Waals surface area contributed by atoms with Gasteiger partial charge in [-0.1, -0.05) is 0 Å². The van der Waals surface area contributed by atoms with Crippen molar-refractivity contribution in [3.05, 3.63) is 18.2 Å². The molecule has 0 aromatic heterocycles. The fourth-order valence-electron chi connectivity index (χ4n) is 1.38. The van der Waals surface area contributed by atoms with Gasteiger partial charge in [-0.15, -0.1) is 0 Å². The van der Waals surface area contributed by atoms with Crippen LogP contribution >= 0.6 is 0 Å². The van der Waals surface area contributed by atoms with Crippen molar-refractivity contribution < 1.29 is 9.90 Å². The molecule has 0 fully saturated rings. The summed E-state index contributed by atoms with van der Waals surface area (Å²) in [5.41, 5.74) is 1.59. The lowest BCUT2D eigenvalue weighted by molar-refractivity contribution is -0.116. The molecule has 0 bridgehead atoms. The van der Waals surface area contributed by atoms with Crippen molar-refractivity contribution in [2.75, 3.05) is 23.8 Å². The monoisotopic (exact) mass is 178 g/mol. The molecule has 0 spiro atoms. The Morgan fingerprint density at radius 1 is 1.54 bits per heavy atom. The number of fused-ring (bicyclic) bond motifs is 1. The third-order valence-electron chi connectivity index (χ3n) is 2.15. The molecule has 1 aliphatic rings. The highest BCUT2D eigenvalue weighted by Crippen LogP contribution is 2.31. The number of amides is 1. The molecule has 0 saturated carbocycles. The Morgan fingerprint density at radius 2 is 2.31 bits per heavy atom. The summed E-state index contributed by atoms with van der Waals surface area (Å²) in [5.74, 6) is 0.229. The summed E-state index contributed by atoms with van der Waals surface area (Å²) in [6, 6.07) is 4.89. The minimum absolute atomic E-state index is 0.0261. The fourth-order valence-corrected chi connectivity index (χ4v) is 1.38. The van der Waals surface area contributed by atoms with Crippen molar-refractivity contribution in [2.24, 2.45) is 0 Å². The van der Waals surface area contributed by atoms with E-state index in [1.54, 1.807) is 30.1 Å². The van der Waals surface area contributed by atoms with Crippen LogP contribution in [0.5, 0.6) is 5.75 Å². The molecule has 1 amide bonds. The lowest BCUT2D eigenvalue weighted by Gasteiger charge is -2.26. The number of hydrogen-bond donors (Lipinski definition) is 2. The zero-order valence-corrected chi connectivity index (χ0v) is 7.24. The maximum atomic E-state index is 11.2. The van der Waals surface area contributed by atoms with Gasteiger partial charge in [0.1, 0.15) is 5.75 Å². The molecule has 1 heterocycles. The Bertz CT molecular complexity index is 363. The van der Waals surface area contributed by atoms with Crippen molar-refractivity contribution in [1.82, 2.24) is 0 Å². The maximum Gasteiger partial charge on any atom is 0.246 e. The molecule has 4 nitrogen and oxygen atoms in total. The molecule has 0 aliphatic carbocycles. The molecule has 1 aromatic rings. The number of carbonyl (C=O) groups excluding carboxylic acids is 1. The van der Waals surface area contributed by atoms with Gasteiger partial charge in [0, 0.05) is 13.1 Å². The Balaban J connectivity index is 2.49. The third kappa shape index (κ3) is 1.20. The number of benzene rings is 1. The third-order valence-corrected chi connectivity index (χ3v) is 2.15. The predicted octanol–water partition coefficient (Wildman–Crippen LogP) is 0.780. The minimum atomic E-state index is 0.0261. The number of anilines is 2. The number of phenols is 1. The lowest BCUT2D eigenvalue weighted by Crippen LogP contribution is -2.36. The van der Waals surface area contributed by atoms with E-state index in [2.05, 4.69) is 5.32 Å². The average Bonchev–Trinajstić information content (AvgIpc) is 2.12. The van der Waals surface area contributed by atoms with Crippen LogP contribution in [-0.4, -0.2) is 24.6 Å². The van der Waals surface area contributed by atoms with Crippen LogP contribution in [0.1, 0.15) is 0 Å². The molecular formula is C9H10N2O2. The Kier molecular flexibility index (Phi) is 1.62. The molecule has 0 radical (unpaired) electrons. The Labute approximate surface area is 75.8 Å². The number of carbonyl (C=O) groups is 1. The van der Waals surface area contributed by atoms with E-state index >= 15 is 0 Å². The number of rotatable bonds is 0. The first-order chi connectivity index (χ1) is 6.18. The van der Waals surface area contributed by atoms with Crippen LogP contribution in [0, 0.1) is 0 Å². The van der Waals surface area contributed by atoms with Crippen molar-refractivity contribution in [1.29, 1.82) is 0 Å². The zero-order valence-electron chi connectivity index (χ0n) is 7.24. The number of aromatic hydroxyl groups is 1. The van der Waals surface area contributed by atoms with Gasteiger partial charge in [0.25, 0.3) is 0 Å². The highest BCUT2D eigenvalue weighted by atomic mass is 16.3. The molecular weight excluding hydrogens is 168 g/mol. The molecule has 4 heteroatoms. The molecule has 1 aromatic carbocycles. The zero-order chi connectivity index (χ0) is 9.42. The van der Waals surface area contributed by atoms with Gasteiger partial charge >= 0.3 is 0 Å². The van der Waals surface area contributed by atoms with Crippen LogP contribution in [0.2, 0.25) is 0 Å². The minimum Gasteiger partial charge on any atom is -0.508 e. The van der Waals surface area contributed by atoms with E-state index < -0.39 is 0 Å². The number of nitrogens with one attached hydrogen (secondary N) is 1. The van der Waals surface area contributed by atoms with Gasteiger partial charge in [-0.25, -0.2) is 0 Å². The predicted molar refractivity (Wildman–Crippen MR) is 50.0 cm³/mol. The molecule has 68 valence electrons. The second-order valence-electron chi connectivity index (χ2n) is 3.01. The standard InChI is InChI=1S/C9H10N2O2/c1-11-8-3-2-6(12)4-7(8)10-5-9(11)13/h2-4,10,12H,5H2,1H3. The summed E-state index contributed by atoms with van der Waals surface area (Å²) in [4.78, 5) is 12.8. The van der Waals surface area contributed by atoms with Crippen LogP contribution in [0.15, 0.2) is 18.2 Å². The number of phenolic OH excluding ortho intramolecular Hbond substituents is 1. The SMILES string of the molecule is CN1C(=O)CNc2cc(O)ccc21. The topological polar surface area (TPSA) is 52.6 Å². The lowest BCUT2D eigenvalue weighted by atomic mass is 10.2. The van der Waals surface area contributed by atoms with Crippen LogP contribution in [-0.2, 0) is 4.79 Å². The first-order valence-electron chi connectivity index (χ1n) is 4.02. The molecule has 1 aliphatic heterocycles. The molecule has 2 rings (SSSR count). The summed E-state index contributed by atoms with van der Waals surface area (Å²) in [6.45, 7) is 0.285. The second kappa shape index (κ2) is 2.65. The highest BCUT2D eigenvalue weighted by molar-refractivity contribution is 6.02. The fraction of sp³-hybridized carbons (Fsp3) is 0.222. The van der Waals surface area contributed by atoms with Crippen LogP contribution in [0.3, 0.4) is 0 Å². The summed E-state index contributed by atoms with van der Waals surface area (Å²) in [6.07, 6.45) is 0. The summed E-state index contributed by atoms with van der Waals surface area (Å²) in [7, 11) is 1.72. The average molecular weight is 178 g/mol. The molecule has 0 saturated heterocycles. The quantitative estimate of drug-likeness (QED) is 0.617. The largest absolute Gasteiger partial charge is 0.508 e. The first-order valence-corrected chi connectivity index (χ1v) is 4.02. The van der Waals surface area contributed by atoms with Gasteiger partial charge in [-0.05, 0) is 12.1 Å². The van der Waals surface area contributed by atoms with E-state index in [4.69, 9.17) is 0 Å². The van der Waals surface area contributed by atoms with Crippen LogP contribution < -0.4 is 10.2 Å². The molecule has 2 N–H and O–H groups in total. The second-order valence-corrected chi connectivity index (χ2v) is 3.01. The maximum absolute atomic E-state index is 11.2. The smallest absolute Gasteiger partial charge is 0.246 e. The van der Waals surface area contributed by atoms with E-state index in [0.29, 0.717) is 0 Å². The van der Waals surface area contributed by atoms with E-state index in [9.17, 15) is 9.90 Å². The molecule has 13 heavy (non-hydrogen) atoms. The van der Waals surface area contributed by atoms with Gasteiger partial charge in [0.05, 0.1) is 17.9 Å². The van der Waals surface area contributed by atoms with E-state index in [-0.39, 0.29) is 18.2 Å². The van der Waals surface area contributed by atoms with E-state index in [1.165, 1.54) is 0 Å². The summed E-state index contributed by atoms with van der Waals surface area (Å²) < 4.78 is 0. The summed E-state index contributed by atoms with van der Waals surface area (Å²) >= 11 is 0. The van der Waals surface area contributed by atoms with Crippen LogP contribution in [0.25, 0.3) is 0 Å². The normalized spacial score (nSPS) is 15.2. The van der Waals surface area contributed by atoms with Crippen molar-refractivity contribution in [2.45, 2.75) is 0 Å². The van der Waals surface area contributed by atoms with Gasteiger partial charge < -0.3 is 15.3 Å². The van der Waals surface area contributed by atoms with Crippen molar-refractivity contribution in [3.63, 3.8) is 0 Å². The van der Waals surface area contributed by atoms with Gasteiger partial charge in [0.15, 0.2) is 0 Å². The first kappa shape index (κ1) is 7.91. The van der Waals surface area contributed by atoms with Crippen molar-refractivity contribution in [3.8, 4) is 5.75 Å². The number of nitrogens with zero attached hydrogens (tertiary/aromatic N) is 1. The molecule has 0 unspecified atom stereocenters. The van der Waals surface area contributed by atoms with Gasteiger partial charge in [-0.3, -0.25) is 4.79 Å².